The molecule has 0 unspecified atom stereocenters. The van der Waals surface area contributed by atoms with Crippen LogP contribution < -0.4 is 10.2 Å². The fourth-order valence-corrected chi connectivity index (χ4v) is 4.82. The third-order valence-electron chi connectivity index (χ3n) is 6.72. The van der Waals surface area contributed by atoms with Crippen molar-refractivity contribution < 1.29 is 4.79 Å². The lowest BCUT2D eigenvalue weighted by atomic mass is 10.0. The topological polar surface area (TPSA) is 62.6 Å². The van der Waals surface area contributed by atoms with E-state index >= 15 is 0 Å². The summed E-state index contributed by atoms with van der Waals surface area (Å²) in [7, 11) is 0. The highest BCUT2D eigenvalue weighted by molar-refractivity contribution is 6.32. The number of nitriles is 1. The van der Waals surface area contributed by atoms with Gasteiger partial charge in [-0.2, -0.15) is 5.26 Å². The van der Waals surface area contributed by atoms with Gasteiger partial charge < -0.3 is 15.1 Å². The maximum absolute atomic E-state index is 12.8. The van der Waals surface area contributed by atoms with Crippen molar-refractivity contribution in [2.24, 2.45) is 0 Å². The first-order valence-corrected chi connectivity index (χ1v) is 12.2. The van der Waals surface area contributed by atoms with Crippen LogP contribution in [-0.2, 0) is 4.79 Å². The fraction of sp³-hybridized carbons (Fsp3) is 0.462. The molecule has 0 aromatic heterocycles. The normalized spacial score (nSPS) is 17.6. The minimum Gasteiger partial charge on any atom is -0.382 e. The molecule has 2 aromatic rings. The predicted molar refractivity (Wildman–Crippen MR) is 134 cm³/mol. The Kier molecular flexibility index (Phi) is 7.74. The minimum atomic E-state index is 0.260. The lowest BCUT2D eigenvalue weighted by Crippen LogP contribution is -2.48. The number of amides is 1. The van der Waals surface area contributed by atoms with E-state index < -0.39 is 0 Å². The predicted octanol–water partition coefficient (Wildman–Crippen LogP) is 4.14. The Morgan fingerprint density at radius 3 is 2.39 bits per heavy atom. The lowest BCUT2D eigenvalue weighted by Gasteiger charge is -2.37. The number of piperazine rings is 1. The minimum absolute atomic E-state index is 0.260. The molecule has 1 amide bonds. The quantitative estimate of drug-likeness (QED) is 0.694. The van der Waals surface area contributed by atoms with Gasteiger partial charge in [-0.1, -0.05) is 29.3 Å². The van der Waals surface area contributed by atoms with Crippen LogP contribution in [0, 0.1) is 18.3 Å². The Hall–Kier alpha value is -2.75. The van der Waals surface area contributed by atoms with Crippen molar-refractivity contribution in [2.45, 2.75) is 32.2 Å². The summed E-state index contributed by atoms with van der Waals surface area (Å²) in [5.74, 6) is 0.260. The van der Waals surface area contributed by atoms with Crippen molar-refractivity contribution in [1.82, 2.24) is 9.80 Å². The Morgan fingerprint density at radius 2 is 1.76 bits per heavy atom. The van der Waals surface area contributed by atoms with Crippen LogP contribution in [0.2, 0.25) is 5.02 Å². The van der Waals surface area contributed by atoms with E-state index in [9.17, 15) is 4.79 Å². The molecule has 0 atom stereocenters. The van der Waals surface area contributed by atoms with Crippen molar-refractivity contribution in [1.29, 1.82) is 5.26 Å². The molecule has 6 nitrogen and oxygen atoms in total. The summed E-state index contributed by atoms with van der Waals surface area (Å²) in [6.07, 6.45) is 2.42. The molecule has 0 bridgehead atoms. The number of benzene rings is 2. The van der Waals surface area contributed by atoms with E-state index in [4.69, 9.17) is 16.9 Å². The van der Waals surface area contributed by atoms with Gasteiger partial charge in [0.2, 0.25) is 5.91 Å². The number of carbonyl (C=O) groups excluding carboxylic acids is 1. The smallest absolute Gasteiger partial charge is 0.223 e. The Balaban J connectivity index is 1.16. The fourth-order valence-electron chi connectivity index (χ4n) is 4.60. The molecule has 4 rings (SSSR count). The highest BCUT2D eigenvalue weighted by atomic mass is 35.5. The van der Waals surface area contributed by atoms with Gasteiger partial charge in [0.1, 0.15) is 6.07 Å². The summed E-state index contributed by atoms with van der Waals surface area (Å²) in [6.45, 7) is 8.52. The standard InChI is InChI=1S/C26H32ClN5O/c1-20-2-6-24(7-3-20)31-16-14-30(15-17-31)11-10-26(33)32-12-8-22(9-13-32)29-23-5-4-21(19-28)25(27)18-23/h2-7,18,22,29H,8-17H2,1H3. The first-order chi connectivity index (χ1) is 16.0. The van der Waals surface area contributed by atoms with Gasteiger partial charge in [-0.25, -0.2) is 0 Å². The number of likely N-dealkylation sites (tertiary alicyclic amines) is 1. The summed E-state index contributed by atoms with van der Waals surface area (Å²) in [5.41, 5.74) is 3.98. The average Bonchev–Trinajstić information content (AvgIpc) is 2.84. The number of rotatable bonds is 6. The van der Waals surface area contributed by atoms with Gasteiger partial charge >= 0.3 is 0 Å². The van der Waals surface area contributed by atoms with Crippen molar-refractivity contribution in [2.75, 3.05) is 56.0 Å². The van der Waals surface area contributed by atoms with Crippen LogP contribution in [0.3, 0.4) is 0 Å². The van der Waals surface area contributed by atoms with Crippen LogP contribution >= 0.6 is 11.6 Å². The number of aryl methyl sites for hydroxylation is 1. The maximum atomic E-state index is 12.8. The third kappa shape index (κ3) is 6.19. The van der Waals surface area contributed by atoms with E-state index in [2.05, 4.69) is 52.4 Å². The molecule has 0 saturated carbocycles. The SMILES string of the molecule is Cc1ccc(N2CCN(CCC(=O)N3CCC(Nc4ccc(C#N)c(Cl)c4)CC3)CC2)cc1. The van der Waals surface area contributed by atoms with Crippen molar-refractivity contribution in [3.05, 3.63) is 58.6 Å². The zero-order chi connectivity index (χ0) is 23.2. The molecule has 2 fully saturated rings. The molecule has 2 heterocycles. The second-order valence-electron chi connectivity index (χ2n) is 9.02. The summed E-state index contributed by atoms with van der Waals surface area (Å²) < 4.78 is 0. The lowest BCUT2D eigenvalue weighted by molar-refractivity contribution is -0.132. The van der Waals surface area contributed by atoms with Gasteiger partial charge in [0.15, 0.2) is 0 Å². The second-order valence-corrected chi connectivity index (χ2v) is 9.43. The number of piperidine rings is 1. The molecule has 1 N–H and O–H groups in total. The molecule has 7 heteroatoms. The van der Waals surface area contributed by atoms with Gasteiger partial charge in [-0.3, -0.25) is 9.69 Å². The molecular formula is C26H32ClN5O. The number of hydrogen-bond acceptors (Lipinski definition) is 5. The summed E-state index contributed by atoms with van der Waals surface area (Å²) >= 11 is 6.13. The van der Waals surface area contributed by atoms with Crippen LogP contribution in [0.4, 0.5) is 11.4 Å². The Bertz CT molecular complexity index is 987. The van der Waals surface area contributed by atoms with Gasteiger partial charge in [0.05, 0.1) is 10.6 Å². The van der Waals surface area contributed by atoms with Crippen LogP contribution in [0.15, 0.2) is 42.5 Å². The van der Waals surface area contributed by atoms with Gasteiger partial charge in [0.25, 0.3) is 0 Å². The molecule has 0 aliphatic carbocycles. The van der Waals surface area contributed by atoms with E-state index in [1.54, 1.807) is 12.1 Å². The summed E-state index contributed by atoms with van der Waals surface area (Å²) in [4.78, 5) is 19.6. The average molecular weight is 466 g/mol. The number of hydrogen-bond donors (Lipinski definition) is 1. The van der Waals surface area contributed by atoms with Gasteiger partial charge in [-0.05, 0) is 50.1 Å². The van der Waals surface area contributed by atoms with E-state index in [0.717, 1.165) is 64.3 Å². The molecule has 2 aromatic carbocycles. The van der Waals surface area contributed by atoms with E-state index in [1.807, 2.05) is 11.0 Å². The molecule has 2 aliphatic rings. The van der Waals surface area contributed by atoms with Crippen molar-refractivity contribution in [3.63, 3.8) is 0 Å². The number of halogens is 1. The molecule has 33 heavy (non-hydrogen) atoms. The van der Waals surface area contributed by atoms with Crippen molar-refractivity contribution >= 4 is 28.9 Å². The van der Waals surface area contributed by atoms with Crippen LogP contribution in [-0.4, -0.2) is 67.6 Å². The molecule has 0 radical (unpaired) electrons. The highest BCUT2D eigenvalue weighted by Crippen LogP contribution is 2.23. The third-order valence-corrected chi connectivity index (χ3v) is 7.03. The molecule has 2 saturated heterocycles. The molecular weight excluding hydrogens is 434 g/mol. The van der Waals surface area contributed by atoms with Crippen LogP contribution in [0.5, 0.6) is 0 Å². The summed E-state index contributed by atoms with van der Waals surface area (Å²) in [5, 5.41) is 13.0. The number of nitrogens with one attached hydrogen (secondary N) is 1. The van der Waals surface area contributed by atoms with E-state index in [-0.39, 0.29) is 5.91 Å². The zero-order valence-electron chi connectivity index (χ0n) is 19.3. The van der Waals surface area contributed by atoms with E-state index in [1.165, 1.54) is 11.3 Å². The van der Waals surface area contributed by atoms with Gasteiger partial charge in [0, 0.05) is 69.7 Å². The molecule has 174 valence electrons. The molecule has 2 aliphatic heterocycles. The molecule has 0 spiro atoms. The van der Waals surface area contributed by atoms with Crippen molar-refractivity contribution in [3.8, 4) is 6.07 Å². The van der Waals surface area contributed by atoms with Gasteiger partial charge in [-0.15, -0.1) is 0 Å². The first-order valence-electron chi connectivity index (χ1n) is 11.8. The van der Waals surface area contributed by atoms with Crippen LogP contribution in [0.1, 0.15) is 30.4 Å². The first kappa shape index (κ1) is 23.4. The monoisotopic (exact) mass is 465 g/mol. The number of anilines is 2. The second kappa shape index (κ2) is 10.9. The van der Waals surface area contributed by atoms with E-state index in [0.29, 0.717) is 23.0 Å². The Morgan fingerprint density at radius 1 is 1.06 bits per heavy atom. The maximum Gasteiger partial charge on any atom is 0.223 e. The number of carbonyl (C=O) groups is 1. The highest BCUT2D eigenvalue weighted by Gasteiger charge is 2.24. The zero-order valence-corrected chi connectivity index (χ0v) is 20.0. The van der Waals surface area contributed by atoms with Crippen LogP contribution in [0.25, 0.3) is 0 Å². The largest absolute Gasteiger partial charge is 0.382 e. The number of nitrogens with zero attached hydrogens (tertiary/aromatic N) is 4. The Labute approximate surface area is 201 Å². The summed E-state index contributed by atoms with van der Waals surface area (Å²) in [6, 6.07) is 16.6.